The van der Waals surface area contributed by atoms with Crippen molar-refractivity contribution >= 4 is 16.8 Å². The van der Waals surface area contributed by atoms with Gasteiger partial charge >= 0.3 is 6.18 Å². The number of fused-ring (bicyclic) bond motifs is 1. The lowest BCUT2D eigenvalue weighted by Crippen LogP contribution is -2.48. The van der Waals surface area contributed by atoms with Gasteiger partial charge in [-0.15, -0.1) is 0 Å². The monoisotopic (exact) mass is 421 g/mol. The van der Waals surface area contributed by atoms with Crippen molar-refractivity contribution in [1.82, 2.24) is 25.1 Å². The van der Waals surface area contributed by atoms with Crippen LogP contribution >= 0.6 is 0 Å². The van der Waals surface area contributed by atoms with E-state index in [1.54, 1.807) is 29.9 Å². The Labute approximate surface area is 169 Å². The van der Waals surface area contributed by atoms with Gasteiger partial charge in [-0.25, -0.2) is 4.98 Å². The van der Waals surface area contributed by atoms with Gasteiger partial charge in [-0.1, -0.05) is 0 Å². The van der Waals surface area contributed by atoms with Gasteiger partial charge in [0.05, 0.1) is 36.7 Å². The van der Waals surface area contributed by atoms with Gasteiger partial charge in [0.25, 0.3) is 5.91 Å². The number of hydrogen-bond donors (Lipinski definition) is 1. The van der Waals surface area contributed by atoms with E-state index in [1.165, 1.54) is 12.4 Å². The number of carbonyl (C=O) groups is 1. The summed E-state index contributed by atoms with van der Waals surface area (Å²) in [5.41, 5.74) is 2.09. The summed E-state index contributed by atoms with van der Waals surface area (Å²) >= 11 is 0. The summed E-state index contributed by atoms with van der Waals surface area (Å²) in [6, 6.07) is 3.37. The molecular weight excluding hydrogens is 403 g/mol. The van der Waals surface area contributed by atoms with Crippen molar-refractivity contribution in [2.75, 3.05) is 19.8 Å². The number of hydrogen-bond acceptors (Lipinski definition) is 6. The van der Waals surface area contributed by atoms with Crippen molar-refractivity contribution in [3.63, 3.8) is 0 Å². The topological polar surface area (TPSA) is 91.2 Å². The average molecular weight is 421 g/mol. The van der Waals surface area contributed by atoms with E-state index in [9.17, 15) is 18.0 Å². The van der Waals surface area contributed by atoms with Crippen LogP contribution in [0.15, 0.2) is 30.7 Å². The van der Waals surface area contributed by atoms with Crippen molar-refractivity contribution in [3.8, 4) is 5.88 Å². The smallest absolute Gasteiger partial charge is 0.422 e. The predicted molar refractivity (Wildman–Crippen MR) is 99.2 cm³/mol. The molecule has 4 rings (SSSR count). The first kappa shape index (κ1) is 20.1. The minimum Gasteiger partial charge on any atom is -0.468 e. The Morgan fingerprint density at radius 2 is 2.17 bits per heavy atom. The molecule has 1 N–H and O–H groups in total. The molecule has 0 atom stereocenters. The van der Waals surface area contributed by atoms with Gasteiger partial charge in [0.2, 0.25) is 5.88 Å². The summed E-state index contributed by atoms with van der Waals surface area (Å²) in [6.45, 7) is 1.51. The standard InChI is InChI=1S/C19H18F3N5O3/c1-11-4-12(5-24-18(11)30-10-19(20,21)22)6-27-7-14-15(26-27)2-3-23-16(14)17(28)25-13-8-29-9-13/h2-5,7,13H,6,8-10H2,1H3,(H,25,28). The van der Waals surface area contributed by atoms with E-state index in [2.05, 4.69) is 20.4 Å². The highest BCUT2D eigenvalue weighted by Crippen LogP contribution is 2.21. The quantitative estimate of drug-likeness (QED) is 0.657. The highest BCUT2D eigenvalue weighted by atomic mass is 19.4. The Hall–Kier alpha value is -3.21. The van der Waals surface area contributed by atoms with Crippen LogP contribution in [-0.4, -0.2) is 57.7 Å². The van der Waals surface area contributed by atoms with Crippen LogP contribution in [0.4, 0.5) is 13.2 Å². The molecular formula is C19H18F3N5O3. The van der Waals surface area contributed by atoms with E-state index in [0.29, 0.717) is 36.2 Å². The Bertz CT molecular complexity index is 1080. The number of aryl methyl sites for hydroxylation is 1. The van der Waals surface area contributed by atoms with Crippen LogP contribution in [0.5, 0.6) is 5.88 Å². The average Bonchev–Trinajstić information content (AvgIpc) is 3.05. The van der Waals surface area contributed by atoms with Gasteiger partial charge in [0, 0.05) is 24.2 Å². The molecule has 0 unspecified atom stereocenters. The number of ether oxygens (including phenoxy) is 2. The number of aromatic nitrogens is 4. The Kier molecular flexibility index (Phi) is 5.29. The summed E-state index contributed by atoms with van der Waals surface area (Å²) < 4.78 is 48.4. The van der Waals surface area contributed by atoms with Crippen LogP contribution in [0.2, 0.25) is 0 Å². The van der Waals surface area contributed by atoms with Crippen molar-refractivity contribution in [1.29, 1.82) is 0 Å². The molecule has 1 fully saturated rings. The highest BCUT2D eigenvalue weighted by Gasteiger charge is 2.29. The van der Waals surface area contributed by atoms with E-state index in [4.69, 9.17) is 9.47 Å². The molecule has 4 heterocycles. The van der Waals surface area contributed by atoms with Gasteiger partial charge in [-0.05, 0) is 24.6 Å². The molecule has 1 amide bonds. The lowest BCUT2D eigenvalue weighted by Gasteiger charge is -2.26. The lowest BCUT2D eigenvalue weighted by atomic mass is 10.2. The van der Waals surface area contributed by atoms with Crippen LogP contribution < -0.4 is 10.1 Å². The summed E-state index contributed by atoms with van der Waals surface area (Å²) in [6.07, 6.45) is 0.238. The molecule has 0 spiro atoms. The van der Waals surface area contributed by atoms with Crippen LogP contribution in [0.25, 0.3) is 10.9 Å². The lowest BCUT2D eigenvalue weighted by molar-refractivity contribution is -0.154. The molecule has 3 aromatic rings. The van der Waals surface area contributed by atoms with E-state index >= 15 is 0 Å². The maximum Gasteiger partial charge on any atom is 0.422 e. The molecule has 0 saturated carbocycles. The third kappa shape index (κ3) is 4.51. The van der Waals surface area contributed by atoms with Crippen molar-refractivity contribution in [2.45, 2.75) is 25.7 Å². The maximum atomic E-state index is 12.5. The molecule has 11 heteroatoms. The molecule has 8 nitrogen and oxygen atoms in total. The third-order valence-corrected chi connectivity index (χ3v) is 4.47. The molecule has 1 aliphatic heterocycles. The largest absolute Gasteiger partial charge is 0.468 e. The number of pyridine rings is 2. The maximum absolute atomic E-state index is 12.5. The SMILES string of the molecule is Cc1cc(Cn2cc3c(C(=O)NC4COC4)nccc3n2)cnc1OCC(F)(F)F. The first-order valence-corrected chi connectivity index (χ1v) is 9.14. The number of halogens is 3. The van der Waals surface area contributed by atoms with Gasteiger partial charge < -0.3 is 14.8 Å². The summed E-state index contributed by atoms with van der Waals surface area (Å²) in [5.74, 6) is -0.359. The normalized spacial score (nSPS) is 14.5. The number of nitrogens with zero attached hydrogens (tertiary/aromatic N) is 4. The molecule has 0 radical (unpaired) electrons. The molecule has 0 aromatic carbocycles. The van der Waals surface area contributed by atoms with E-state index in [-0.39, 0.29) is 23.5 Å². The summed E-state index contributed by atoms with van der Waals surface area (Å²) in [4.78, 5) is 20.6. The number of carbonyl (C=O) groups excluding carboxylic acids is 1. The van der Waals surface area contributed by atoms with Gasteiger partial charge in [0.15, 0.2) is 6.61 Å². The van der Waals surface area contributed by atoms with Gasteiger partial charge in [-0.2, -0.15) is 18.3 Å². The van der Waals surface area contributed by atoms with Crippen LogP contribution in [0.3, 0.4) is 0 Å². The van der Waals surface area contributed by atoms with Crippen molar-refractivity contribution < 1.29 is 27.4 Å². The summed E-state index contributed by atoms with van der Waals surface area (Å²) in [5, 5.41) is 7.90. The number of nitrogens with one attached hydrogen (secondary N) is 1. The molecule has 1 saturated heterocycles. The van der Waals surface area contributed by atoms with E-state index < -0.39 is 12.8 Å². The molecule has 158 valence electrons. The zero-order valence-corrected chi connectivity index (χ0v) is 15.9. The van der Waals surface area contributed by atoms with Crippen LogP contribution in [0.1, 0.15) is 21.6 Å². The highest BCUT2D eigenvalue weighted by molar-refractivity contribution is 6.04. The molecule has 30 heavy (non-hydrogen) atoms. The minimum absolute atomic E-state index is 0.0169. The Balaban J connectivity index is 1.50. The zero-order chi connectivity index (χ0) is 21.3. The van der Waals surface area contributed by atoms with E-state index in [0.717, 1.165) is 5.56 Å². The second-order valence-corrected chi connectivity index (χ2v) is 7.00. The van der Waals surface area contributed by atoms with Gasteiger partial charge in [0.1, 0.15) is 5.69 Å². The zero-order valence-electron chi connectivity index (χ0n) is 15.9. The fraction of sp³-hybridized carbons (Fsp3) is 0.368. The molecule has 3 aromatic heterocycles. The van der Waals surface area contributed by atoms with Gasteiger partial charge in [-0.3, -0.25) is 14.5 Å². The van der Waals surface area contributed by atoms with Crippen LogP contribution in [0, 0.1) is 6.92 Å². The second-order valence-electron chi connectivity index (χ2n) is 7.00. The van der Waals surface area contributed by atoms with Crippen LogP contribution in [-0.2, 0) is 11.3 Å². The summed E-state index contributed by atoms with van der Waals surface area (Å²) in [7, 11) is 0. The number of rotatable bonds is 6. The first-order valence-electron chi connectivity index (χ1n) is 9.14. The Morgan fingerprint density at radius 1 is 1.37 bits per heavy atom. The third-order valence-electron chi connectivity index (χ3n) is 4.47. The fourth-order valence-electron chi connectivity index (χ4n) is 3.02. The fourth-order valence-corrected chi connectivity index (χ4v) is 3.02. The molecule has 0 aliphatic carbocycles. The molecule has 1 aliphatic rings. The molecule has 0 bridgehead atoms. The van der Waals surface area contributed by atoms with Crippen molar-refractivity contribution in [3.05, 3.63) is 47.5 Å². The number of amides is 1. The first-order chi connectivity index (χ1) is 14.3. The second kappa shape index (κ2) is 7.90. The number of alkyl halides is 3. The van der Waals surface area contributed by atoms with Crippen molar-refractivity contribution in [2.24, 2.45) is 0 Å². The Morgan fingerprint density at radius 3 is 2.83 bits per heavy atom. The predicted octanol–water partition coefficient (Wildman–Crippen LogP) is 2.25. The van der Waals surface area contributed by atoms with E-state index in [1.807, 2.05) is 0 Å². The minimum atomic E-state index is -4.42.